The number of carbonyl (C=O) groups excluding carboxylic acids is 2. The molecule has 0 bridgehead atoms. The smallest absolute Gasteiger partial charge is 0.407 e. The van der Waals surface area contributed by atoms with Crippen molar-refractivity contribution >= 4 is 22.1 Å². The minimum atomic E-state index is -3.54. The zero-order valence-electron chi connectivity index (χ0n) is 16.5. The van der Waals surface area contributed by atoms with Crippen LogP contribution in [0.2, 0.25) is 0 Å². The number of rotatable bonds is 5. The van der Waals surface area contributed by atoms with Gasteiger partial charge in [0.05, 0.1) is 4.90 Å². The average molecular weight is 413 g/mol. The van der Waals surface area contributed by atoms with Gasteiger partial charge in [0.1, 0.15) is 5.60 Å². The van der Waals surface area contributed by atoms with Gasteiger partial charge in [-0.3, -0.25) is 0 Å². The fraction of sp³-hybridized carbons (Fsp3) is 0.556. The monoisotopic (exact) mass is 412 g/mol. The molecule has 1 heterocycles. The molecule has 0 saturated carbocycles. The molecule has 3 amide bonds. The number of hydrogen-bond donors (Lipinski definition) is 2. The number of nitrogens with zero attached hydrogens (tertiary/aromatic N) is 2. The van der Waals surface area contributed by atoms with Crippen molar-refractivity contribution in [2.24, 2.45) is 0 Å². The van der Waals surface area contributed by atoms with Crippen molar-refractivity contribution in [1.82, 2.24) is 19.8 Å². The van der Waals surface area contributed by atoms with E-state index in [0.717, 1.165) is 0 Å². The quantitative estimate of drug-likeness (QED) is 0.707. The average Bonchev–Trinajstić information content (AvgIpc) is 2.64. The van der Waals surface area contributed by atoms with Gasteiger partial charge in [-0.2, -0.15) is 4.31 Å². The number of amides is 3. The van der Waals surface area contributed by atoms with Crippen LogP contribution >= 0.6 is 0 Å². The first kappa shape index (κ1) is 22.0. The van der Waals surface area contributed by atoms with Gasteiger partial charge in [0, 0.05) is 39.3 Å². The second kappa shape index (κ2) is 9.24. The SMILES string of the molecule is CC(C)(C)OC(=O)NCCNC(=O)N1CCN(S(=O)(=O)c2ccccc2)CC1. The number of carbonyl (C=O) groups is 2. The maximum Gasteiger partial charge on any atom is 0.407 e. The Morgan fingerprint density at radius 2 is 1.57 bits per heavy atom. The van der Waals surface area contributed by atoms with E-state index >= 15 is 0 Å². The van der Waals surface area contributed by atoms with Gasteiger partial charge in [-0.1, -0.05) is 18.2 Å². The highest BCUT2D eigenvalue weighted by Crippen LogP contribution is 2.17. The lowest BCUT2D eigenvalue weighted by molar-refractivity contribution is 0.0528. The van der Waals surface area contributed by atoms with Crippen molar-refractivity contribution in [1.29, 1.82) is 0 Å². The van der Waals surface area contributed by atoms with Crippen molar-refractivity contribution < 1.29 is 22.7 Å². The van der Waals surface area contributed by atoms with Gasteiger partial charge < -0.3 is 20.3 Å². The molecule has 0 spiro atoms. The molecule has 1 aliphatic heterocycles. The molecule has 0 radical (unpaired) electrons. The predicted octanol–water partition coefficient (Wildman–Crippen LogP) is 1.23. The fourth-order valence-electron chi connectivity index (χ4n) is 2.63. The number of nitrogens with one attached hydrogen (secondary N) is 2. The van der Waals surface area contributed by atoms with Crippen molar-refractivity contribution in [3.63, 3.8) is 0 Å². The van der Waals surface area contributed by atoms with E-state index in [4.69, 9.17) is 4.74 Å². The first-order chi connectivity index (χ1) is 13.1. The van der Waals surface area contributed by atoms with Crippen LogP contribution in [0.5, 0.6) is 0 Å². The van der Waals surface area contributed by atoms with Crippen LogP contribution in [0.15, 0.2) is 35.2 Å². The Morgan fingerprint density at radius 3 is 2.14 bits per heavy atom. The highest BCUT2D eigenvalue weighted by molar-refractivity contribution is 7.89. The van der Waals surface area contributed by atoms with E-state index in [-0.39, 0.29) is 37.1 Å². The number of ether oxygens (including phenoxy) is 1. The van der Waals surface area contributed by atoms with Crippen LogP contribution in [0, 0.1) is 0 Å². The van der Waals surface area contributed by atoms with Crippen LogP contribution in [0.1, 0.15) is 20.8 Å². The molecule has 0 atom stereocenters. The zero-order chi connectivity index (χ0) is 20.8. The third-order valence-corrected chi connectivity index (χ3v) is 5.89. The van der Waals surface area contributed by atoms with Crippen LogP contribution in [0.3, 0.4) is 0 Å². The molecule has 0 aromatic heterocycles. The van der Waals surface area contributed by atoms with E-state index in [9.17, 15) is 18.0 Å². The molecule has 9 nitrogen and oxygen atoms in total. The fourth-order valence-corrected chi connectivity index (χ4v) is 4.08. The third kappa shape index (κ3) is 6.38. The second-order valence-electron chi connectivity index (χ2n) is 7.36. The summed E-state index contributed by atoms with van der Waals surface area (Å²) in [5, 5.41) is 5.27. The lowest BCUT2D eigenvalue weighted by atomic mass is 10.2. The molecule has 156 valence electrons. The summed E-state index contributed by atoms with van der Waals surface area (Å²) in [6.45, 7) is 6.88. The van der Waals surface area contributed by atoms with E-state index in [0.29, 0.717) is 13.1 Å². The minimum absolute atomic E-state index is 0.237. The van der Waals surface area contributed by atoms with E-state index in [2.05, 4.69) is 10.6 Å². The first-order valence-corrected chi connectivity index (χ1v) is 10.6. The van der Waals surface area contributed by atoms with Gasteiger partial charge in [-0.25, -0.2) is 18.0 Å². The summed E-state index contributed by atoms with van der Waals surface area (Å²) in [5.41, 5.74) is -0.576. The van der Waals surface area contributed by atoms with Crippen LogP contribution in [-0.4, -0.2) is 74.6 Å². The molecule has 0 aliphatic carbocycles. The largest absolute Gasteiger partial charge is 0.444 e. The second-order valence-corrected chi connectivity index (χ2v) is 9.30. The zero-order valence-corrected chi connectivity index (χ0v) is 17.3. The Balaban J connectivity index is 1.73. The topological polar surface area (TPSA) is 108 Å². The van der Waals surface area contributed by atoms with Gasteiger partial charge >= 0.3 is 12.1 Å². The summed E-state index contributed by atoms with van der Waals surface area (Å²) >= 11 is 0. The minimum Gasteiger partial charge on any atom is -0.444 e. The number of alkyl carbamates (subject to hydrolysis) is 1. The summed E-state index contributed by atoms with van der Waals surface area (Å²) < 4.78 is 31.7. The maximum atomic E-state index is 12.6. The molecule has 1 saturated heterocycles. The van der Waals surface area contributed by atoms with E-state index < -0.39 is 21.7 Å². The van der Waals surface area contributed by atoms with Gasteiger partial charge in [-0.15, -0.1) is 0 Å². The summed E-state index contributed by atoms with van der Waals surface area (Å²) in [5.74, 6) is 0. The van der Waals surface area contributed by atoms with Crippen LogP contribution in [0.4, 0.5) is 9.59 Å². The first-order valence-electron chi connectivity index (χ1n) is 9.14. The molecular weight excluding hydrogens is 384 g/mol. The van der Waals surface area contributed by atoms with Crippen molar-refractivity contribution in [3.05, 3.63) is 30.3 Å². The molecule has 1 aromatic rings. The Labute approximate surface area is 166 Å². The molecule has 0 unspecified atom stereocenters. The Kier molecular flexibility index (Phi) is 7.25. The van der Waals surface area contributed by atoms with E-state index in [1.54, 1.807) is 56.0 Å². The van der Waals surface area contributed by atoms with Gasteiger partial charge in [0.15, 0.2) is 0 Å². The molecular formula is C18H28N4O5S. The lowest BCUT2D eigenvalue weighted by Crippen LogP contribution is -2.53. The molecule has 1 aliphatic rings. The standard InChI is InChI=1S/C18H28N4O5S/c1-18(2,3)27-17(24)20-10-9-19-16(23)21-11-13-22(14-12-21)28(25,26)15-7-5-4-6-8-15/h4-8H,9-14H2,1-3H3,(H,19,23)(H,20,24). The van der Waals surface area contributed by atoms with Crippen LogP contribution < -0.4 is 10.6 Å². The van der Waals surface area contributed by atoms with Crippen molar-refractivity contribution in [2.75, 3.05) is 39.3 Å². The summed E-state index contributed by atoms with van der Waals surface area (Å²) in [4.78, 5) is 25.5. The molecule has 28 heavy (non-hydrogen) atoms. The summed E-state index contributed by atoms with van der Waals surface area (Å²) in [7, 11) is -3.54. The number of urea groups is 1. The Bertz CT molecular complexity index is 769. The van der Waals surface area contributed by atoms with Crippen molar-refractivity contribution in [3.8, 4) is 0 Å². The van der Waals surface area contributed by atoms with Gasteiger partial charge in [-0.05, 0) is 32.9 Å². The van der Waals surface area contributed by atoms with Gasteiger partial charge in [0.25, 0.3) is 0 Å². The molecule has 2 rings (SSSR count). The normalized spacial score (nSPS) is 15.8. The number of hydrogen-bond acceptors (Lipinski definition) is 5. The molecule has 2 N–H and O–H groups in total. The highest BCUT2D eigenvalue weighted by Gasteiger charge is 2.29. The predicted molar refractivity (Wildman–Crippen MR) is 104 cm³/mol. The summed E-state index contributed by atoms with van der Waals surface area (Å²) in [6, 6.07) is 7.96. The number of piperazine rings is 1. The van der Waals surface area contributed by atoms with Gasteiger partial charge in [0.2, 0.25) is 10.0 Å². The third-order valence-electron chi connectivity index (χ3n) is 3.98. The molecule has 1 aromatic carbocycles. The highest BCUT2D eigenvalue weighted by atomic mass is 32.2. The molecule has 10 heteroatoms. The molecule has 1 fully saturated rings. The van der Waals surface area contributed by atoms with E-state index in [1.807, 2.05) is 0 Å². The Morgan fingerprint density at radius 1 is 1.00 bits per heavy atom. The maximum absolute atomic E-state index is 12.6. The summed E-state index contributed by atoms with van der Waals surface area (Å²) in [6.07, 6.45) is -0.540. The Hall–Kier alpha value is -2.33. The number of sulfonamides is 1. The lowest BCUT2D eigenvalue weighted by Gasteiger charge is -2.34. The van der Waals surface area contributed by atoms with Crippen LogP contribution in [-0.2, 0) is 14.8 Å². The number of benzene rings is 1. The van der Waals surface area contributed by atoms with Crippen molar-refractivity contribution in [2.45, 2.75) is 31.3 Å². The van der Waals surface area contributed by atoms with E-state index in [1.165, 1.54) is 4.31 Å². The van der Waals surface area contributed by atoms with Crippen LogP contribution in [0.25, 0.3) is 0 Å².